The van der Waals surface area contributed by atoms with Crippen LogP contribution in [0.25, 0.3) is 0 Å². The number of carbonyl (C=O) groups is 3. The second-order valence-electron chi connectivity index (χ2n) is 10.1. The summed E-state index contributed by atoms with van der Waals surface area (Å²) in [6.45, 7) is 2.97. The normalized spacial score (nSPS) is 11.3. The maximum atomic E-state index is 13.4. The summed E-state index contributed by atoms with van der Waals surface area (Å²) in [6.07, 6.45) is 2.73. The number of anilines is 1. The van der Waals surface area contributed by atoms with Gasteiger partial charge in [-0.15, -0.1) is 0 Å². The number of hydrogen-bond acceptors (Lipinski definition) is 7. The van der Waals surface area contributed by atoms with Gasteiger partial charge in [-0.05, 0) is 73.7 Å². The molecule has 0 saturated heterocycles. The molecule has 0 bridgehead atoms. The third-order valence-corrected chi connectivity index (χ3v) is 6.93. The fourth-order valence-electron chi connectivity index (χ4n) is 4.55. The van der Waals surface area contributed by atoms with Crippen LogP contribution in [0, 0.1) is 0 Å². The molecule has 4 aromatic rings. The van der Waals surface area contributed by atoms with Crippen LogP contribution in [0.3, 0.4) is 0 Å². The Hall–Kier alpha value is -4.95. The topological polar surface area (TPSA) is 117 Å². The molecule has 0 aliphatic rings. The number of nitrogens with two attached hydrogens (primary N) is 1. The highest BCUT2D eigenvalue weighted by molar-refractivity contribution is 6.05. The van der Waals surface area contributed by atoms with E-state index < -0.39 is 6.04 Å². The summed E-state index contributed by atoms with van der Waals surface area (Å²) >= 11 is 0. The van der Waals surface area contributed by atoms with E-state index in [1.54, 1.807) is 61.5 Å². The monoisotopic (exact) mass is 594 g/mol. The van der Waals surface area contributed by atoms with Crippen molar-refractivity contribution in [3.05, 3.63) is 125 Å². The standard InChI is InChI=1S/C36H38N2O6/c1-2-42-33(39)19-7-4-12-24-43-32-18-11-9-16-30(32)38-36(41)28-22-20-27(21-23-28)34(37)35(40)29-15-8-10-17-31(29)44-25-26-13-5-3-6-14-26/h3,5-6,8-11,13-18,20-23,34H,2,4,7,12,19,24-25,37H2,1H3,(H,38,41). The second-order valence-corrected chi connectivity index (χ2v) is 10.1. The van der Waals surface area contributed by atoms with E-state index in [0.29, 0.717) is 60.1 Å². The van der Waals surface area contributed by atoms with E-state index in [9.17, 15) is 14.4 Å². The van der Waals surface area contributed by atoms with Crippen LogP contribution in [0.2, 0.25) is 0 Å². The maximum absolute atomic E-state index is 13.4. The largest absolute Gasteiger partial charge is 0.491 e. The van der Waals surface area contributed by atoms with Crippen molar-refractivity contribution in [1.82, 2.24) is 0 Å². The number of ketones is 1. The fraction of sp³-hybridized carbons (Fsp3) is 0.250. The molecule has 0 fully saturated rings. The molecule has 1 unspecified atom stereocenters. The second kappa shape index (κ2) is 16.6. The Bertz CT molecular complexity index is 1520. The fourth-order valence-corrected chi connectivity index (χ4v) is 4.55. The molecule has 8 nitrogen and oxygen atoms in total. The predicted octanol–water partition coefficient (Wildman–Crippen LogP) is 6.90. The molecule has 1 atom stereocenters. The van der Waals surface area contributed by atoms with Gasteiger partial charge in [0.05, 0.1) is 30.5 Å². The number of rotatable bonds is 16. The number of nitrogens with one attached hydrogen (secondary N) is 1. The van der Waals surface area contributed by atoms with E-state index in [-0.39, 0.29) is 17.7 Å². The Morgan fingerprint density at radius 3 is 2.18 bits per heavy atom. The Kier molecular flexibility index (Phi) is 12.1. The number of para-hydroxylation sites is 3. The lowest BCUT2D eigenvalue weighted by molar-refractivity contribution is -0.143. The lowest BCUT2D eigenvalue weighted by atomic mass is 9.96. The highest BCUT2D eigenvalue weighted by Gasteiger charge is 2.22. The summed E-state index contributed by atoms with van der Waals surface area (Å²) in [5.41, 5.74) is 9.30. The number of benzene rings is 4. The van der Waals surface area contributed by atoms with Gasteiger partial charge in [0.15, 0.2) is 5.78 Å². The van der Waals surface area contributed by atoms with Gasteiger partial charge in [0.2, 0.25) is 0 Å². The molecule has 1 amide bonds. The van der Waals surface area contributed by atoms with Crippen molar-refractivity contribution >= 4 is 23.3 Å². The first-order valence-electron chi connectivity index (χ1n) is 14.8. The van der Waals surface area contributed by atoms with Gasteiger partial charge in [-0.2, -0.15) is 0 Å². The summed E-state index contributed by atoms with van der Waals surface area (Å²) in [6, 6.07) is 29.7. The number of Topliss-reactive ketones (excluding diaryl/α,β-unsaturated/α-hetero) is 1. The third kappa shape index (κ3) is 9.28. The molecular formula is C36H38N2O6. The number of unbranched alkanes of at least 4 members (excludes halogenated alkanes) is 2. The van der Waals surface area contributed by atoms with Crippen LogP contribution < -0.4 is 20.5 Å². The average molecular weight is 595 g/mol. The highest BCUT2D eigenvalue weighted by atomic mass is 16.5. The van der Waals surface area contributed by atoms with Gasteiger partial charge in [-0.3, -0.25) is 14.4 Å². The quantitative estimate of drug-likeness (QED) is 0.0823. The molecule has 0 heterocycles. The van der Waals surface area contributed by atoms with Crippen molar-refractivity contribution in [2.24, 2.45) is 5.73 Å². The number of amides is 1. The van der Waals surface area contributed by atoms with Crippen molar-refractivity contribution in [1.29, 1.82) is 0 Å². The molecule has 0 radical (unpaired) electrons. The molecule has 4 aromatic carbocycles. The third-order valence-electron chi connectivity index (χ3n) is 6.93. The first kappa shape index (κ1) is 32.0. The van der Waals surface area contributed by atoms with Gasteiger partial charge in [0.25, 0.3) is 5.91 Å². The molecule has 0 saturated carbocycles. The van der Waals surface area contributed by atoms with Gasteiger partial charge in [-0.1, -0.05) is 66.7 Å². The average Bonchev–Trinajstić information content (AvgIpc) is 3.06. The minimum atomic E-state index is -0.931. The van der Waals surface area contributed by atoms with Crippen molar-refractivity contribution in [3.63, 3.8) is 0 Å². The van der Waals surface area contributed by atoms with Crippen LogP contribution >= 0.6 is 0 Å². The van der Waals surface area contributed by atoms with Crippen LogP contribution in [0.5, 0.6) is 11.5 Å². The molecule has 3 N–H and O–H groups in total. The van der Waals surface area contributed by atoms with E-state index in [2.05, 4.69) is 5.32 Å². The summed E-state index contributed by atoms with van der Waals surface area (Å²) in [5.74, 6) is 0.242. The molecule has 0 aliphatic carbocycles. The van der Waals surface area contributed by atoms with Crippen LogP contribution in [0.1, 0.15) is 70.5 Å². The zero-order valence-corrected chi connectivity index (χ0v) is 24.9. The molecule has 0 aromatic heterocycles. The first-order valence-corrected chi connectivity index (χ1v) is 14.8. The van der Waals surface area contributed by atoms with E-state index >= 15 is 0 Å². The van der Waals surface area contributed by atoms with Crippen molar-refractivity contribution < 1.29 is 28.6 Å². The molecule has 44 heavy (non-hydrogen) atoms. The molecule has 0 aliphatic heterocycles. The number of ether oxygens (including phenoxy) is 3. The van der Waals surface area contributed by atoms with Gasteiger partial charge in [-0.25, -0.2) is 0 Å². The molecule has 4 rings (SSSR count). The first-order chi connectivity index (χ1) is 21.5. The smallest absolute Gasteiger partial charge is 0.305 e. The summed E-state index contributed by atoms with van der Waals surface area (Å²) < 4.78 is 16.8. The molecular weight excluding hydrogens is 556 g/mol. The van der Waals surface area contributed by atoms with Gasteiger partial charge < -0.3 is 25.3 Å². The van der Waals surface area contributed by atoms with Crippen LogP contribution in [0.15, 0.2) is 103 Å². The Morgan fingerprint density at radius 2 is 1.43 bits per heavy atom. The van der Waals surface area contributed by atoms with Gasteiger partial charge in [0.1, 0.15) is 18.1 Å². The molecule has 8 heteroatoms. The van der Waals surface area contributed by atoms with E-state index in [1.165, 1.54) is 0 Å². The van der Waals surface area contributed by atoms with E-state index in [4.69, 9.17) is 19.9 Å². The van der Waals surface area contributed by atoms with Gasteiger partial charge in [0, 0.05) is 12.0 Å². The lowest BCUT2D eigenvalue weighted by Crippen LogP contribution is -2.22. The minimum absolute atomic E-state index is 0.183. The van der Waals surface area contributed by atoms with Crippen LogP contribution in [-0.4, -0.2) is 30.9 Å². The van der Waals surface area contributed by atoms with E-state index in [1.807, 2.05) is 48.5 Å². The Balaban J connectivity index is 1.32. The van der Waals surface area contributed by atoms with Crippen molar-refractivity contribution in [2.75, 3.05) is 18.5 Å². The maximum Gasteiger partial charge on any atom is 0.305 e. The van der Waals surface area contributed by atoms with Gasteiger partial charge >= 0.3 is 5.97 Å². The number of carbonyl (C=O) groups excluding carboxylic acids is 3. The minimum Gasteiger partial charge on any atom is -0.491 e. The van der Waals surface area contributed by atoms with Crippen molar-refractivity contribution in [3.8, 4) is 11.5 Å². The zero-order valence-electron chi connectivity index (χ0n) is 24.9. The predicted molar refractivity (Wildman–Crippen MR) is 170 cm³/mol. The SMILES string of the molecule is CCOC(=O)CCCCCOc1ccccc1NC(=O)c1ccc(C(N)C(=O)c2ccccc2OCc2ccccc2)cc1. The lowest BCUT2D eigenvalue weighted by Gasteiger charge is -2.16. The molecule has 228 valence electrons. The Morgan fingerprint density at radius 1 is 0.750 bits per heavy atom. The summed E-state index contributed by atoms with van der Waals surface area (Å²) in [5, 5.41) is 2.90. The summed E-state index contributed by atoms with van der Waals surface area (Å²) in [4.78, 5) is 37.9. The van der Waals surface area contributed by atoms with Crippen molar-refractivity contribution in [2.45, 2.75) is 45.3 Å². The highest BCUT2D eigenvalue weighted by Crippen LogP contribution is 2.27. The Labute approximate surface area is 258 Å². The number of esters is 1. The van der Waals surface area contributed by atoms with E-state index in [0.717, 1.165) is 24.8 Å². The molecule has 0 spiro atoms. The zero-order chi connectivity index (χ0) is 31.1. The van der Waals surface area contributed by atoms with Crippen LogP contribution in [-0.2, 0) is 16.1 Å². The van der Waals surface area contributed by atoms with Crippen LogP contribution in [0.4, 0.5) is 5.69 Å². The summed E-state index contributed by atoms with van der Waals surface area (Å²) in [7, 11) is 0. The number of hydrogen-bond donors (Lipinski definition) is 2.